The van der Waals surface area contributed by atoms with Gasteiger partial charge in [0.15, 0.2) is 0 Å². The van der Waals surface area contributed by atoms with E-state index in [2.05, 4.69) is 5.10 Å². The molecule has 106 valence electrons. The maximum atomic E-state index is 11.4. The maximum absolute atomic E-state index is 11.4. The first-order valence-electron chi connectivity index (χ1n) is 5.98. The first-order valence-corrected chi connectivity index (χ1v) is 6.79. The summed E-state index contributed by atoms with van der Waals surface area (Å²) in [4.78, 5) is 21.7. The summed E-state index contributed by atoms with van der Waals surface area (Å²) in [6, 6.07) is 8.64. The Morgan fingerprint density at radius 1 is 1.38 bits per heavy atom. The van der Waals surface area contributed by atoms with E-state index in [1.807, 2.05) is 24.3 Å². The third kappa shape index (κ3) is 2.36. The van der Waals surface area contributed by atoms with Crippen LogP contribution in [0.1, 0.15) is 15.2 Å². The van der Waals surface area contributed by atoms with Crippen molar-refractivity contribution in [2.45, 2.75) is 6.54 Å². The van der Waals surface area contributed by atoms with E-state index in [0.717, 1.165) is 10.1 Å². The lowest BCUT2D eigenvalue weighted by molar-refractivity contribution is -0.389. The van der Waals surface area contributed by atoms with Gasteiger partial charge in [-0.2, -0.15) is 4.68 Å². The first kappa shape index (κ1) is 13.3. The Labute approximate surface area is 122 Å². The molecule has 3 aromatic rings. The van der Waals surface area contributed by atoms with Gasteiger partial charge in [-0.25, -0.2) is 4.79 Å². The number of nitro groups is 1. The molecule has 3 rings (SSSR count). The van der Waals surface area contributed by atoms with Crippen LogP contribution in [0.5, 0.6) is 0 Å². The molecule has 0 aliphatic carbocycles. The zero-order chi connectivity index (χ0) is 15.0. The molecule has 0 aliphatic heterocycles. The third-order valence-electron chi connectivity index (χ3n) is 3.03. The van der Waals surface area contributed by atoms with Gasteiger partial charge in [0.05, 0.1) is 23.9 Å². The van der Waals surface area contributed by atoms with Crippen molar-refractivity contribution in [2.75, 3.05) is 0 Å². The largest absolute Gasteiger partial charge is 0.477 e. The number of carboxylic acid groups (broad SMARTS) is 1. The van der Waals surface area contributed by atoms with Crippen molar-refractivity contribution >= 4 is 33.2 Å². The Bertz CT molecular complexity index is 852. The molecule has 0 radical (unpaired) electrons. The van der Waals surface area contributed by atoms with Crippen LogP contribution in [0.4, 0.5) is 5.82 Å². The molecule has 0 saturated heterocycles. The predicted molar refractivity (Wildman–Crippen MR) is 76.8 cm³/mol. The molecule has 0 saturated carbocycles. The summed E-state index contributed by atoms with van der Waals surface area (Å²) in [7, 11) is 0. The number of aromatic carboxylic acids is 1. The van der Waals surface area contributed by atoms with Crippen LogP contribution >= 0.6 is 11.3 Å². The fraction of sp³-hybridized carbons (Fsp3) is 0.0769. The van der Waals surface area contributed by atoms with E-state index in [0.29, 0.717) is 5.56 Å². The SMILES string of the molecule is O=C(O)c1sc2ccccc2c1Cn1ccc([N+](=O)[O-])n1. The van der Waals surface area contributed by atoms with Gasteiger partial charge in [-0.05, 0) is 16.4 Å². The van der Waals surface area contributed by atoms with E-state index >= 15 is 0 Å². The van der Waals surface area contributed by atoms with Crippen molar-refractivity contribution in [3.05, 3.63) is 57.1 Å². The molecule has 0 bridgehead atoms. The number of benzene rings is 1. The van der Waals surface area contributed by atoms with Crippen LogP contribution in [0.2, 0.25) is 0 Å². The number of nitrogens with zero attached hydrogens (tertiary/aromatic N) is 3. The summed E-state index contributed by atoms with van der Waals surface area (Å²) < 4.78 is 2.24. The number of fused-ring (bicyclic) bond motifs is 1. The standard InChI is InChI=1S/C13H9N3O4S/c17-13(18)12-9(8-3-1-2-4-10(8)21-12)7-15-6-5-11(14-15)16(19)20/h1-6H,7H2,(H,17,18). The Morgan fingerprint density at radius 2 is 2.14 bits per heavy atom. The van der Waals surface area contributed by atoms with Gasteiger partial charge in [-0.3, -0.25) is 0 Å². The summed E-state index contributed by atoms with van der Waals surface area (Å²) in [5.41, 5.74) is 0.612. The Kier molecular flexibility index (Phi) is 3.15. The van der Waals surface area contributed by atoms with Crippen molar-refractivity contribution in [3.63, 3.8) is 0 Å². The third-order valence-corrected chi connectivity index (χ3v) is 4.23. The Hall–Kier alpha value is -2.74. The van der Waals surface area contributed by atoms with E-state index in [1.165, 1.54) is 28.3 Å². The van der Waals surface area contributed by atoms with Crippen LogP contribution in [-0.2, 0) is 6.54 Å². The van der Waals surface area contributed by atoms with E-state index in [9.17, 15) is 20.0 Å². The predicted octanol–water partition coefficient (Wildman–Crippen LogP) is 2.75. The zero-order valence-corrected chi connectivity index (χ0v) is 11.4. The normalized spacial score (nSPS) is 10.9. The monoisotopic (exact) mass is 303 g/mol. The fourth-order valence-electron chi connectivity index (χ4n) is 2.13. The second kappa shape index (κ2) is 4.98. The van der Waals surface area contributed by atoms with Gasteiger partial charge in [-0.15, -0.1) is 11.3 Å². The molecular formula is C13H9N3O4S. The lowest BCUT2D eigenvalue weighted by Gasteiger charge is -1.99. The average Bonchev–Trinajstić information content (AvgIpc) is 3.05. The van der Waals surface area contributed by atoms with E-state index in [-0.39, 0.29) is 17.2 Å². The van der Waals surface area contributed by atoms with Crippen LogP contribution in [0.15, 0.2) is 36.5 Å². The van der Waals surface area contributed by atoms with Crippen molar-refractivity contribution in [3.8, 4) is 0 Å². The van der Waals surface area contributed by atoms with Crippen molar-refractivity contribution in [1.82, 2.24) is 9.78 Å². The number of hydrogen-bond acceptors (Lipinski definition) is 5. The first-order chi connectivity index (χ1) is 10.1. The second-order valence-corrected chi connectivity index (χ2v) is 5.39. The van der Waals surface area contributed by atoms with Gasteiger partial charge in [0.1, 0.15) is 4.88 Å². The molecular weight excluding hydrogens is 294 g/mol. The van der Waals surface area contributed by atoms with Crippen LogP contribution < -0.4 is 0 Å². The number of thiophene rings is 1. The number of carbonyl (C=O) groups is 1. The van der Waals surface area contributed by atoms with Gasteiger partial charge in [0, 0.05) is 10.3 Å². The topological polar surface area (TPSA) is 98.3 Å². The van der Waals surface area contributed by atoms with E-state index < -0.39 is 10.9 Å². The summed E-state index contributed by atoms with van der Waals surface area (Å²) in [6.45, 7) is 0.180. The Morgan fingerprint density at radius 3 is 2.81 bits per heavy atom. The lowest BCUT2D eigenvalue weighted by atomic mass is 10.1. The van der Waals surface area contributed by atoms with Crippen molar-refractivity contribution in [2.24, 2.45) is 0 Å². The second-order valence-electron chi connectivity index (χ2n) is 4.34. The highest BCUT2D eigenvalue weighted by atomic mass is 32.1. The molecule has 2 aromatic heterocycles. The molecule has 0 unspecified atom stereocenters. The van der Waals surface area contributed by atoms with Gasteiger partial charge in [-0.1, -0.05) is 18.2 Å². The zero-order valence-electron chi connectivity index (χ0n) is 10.6. The van der Waals surface area contributed by atoms with Crippen LogP contribution in [0.25, 0.3) is 10.1 Å². The smallest absolute Gasteiger partial charge is 0.389 e. The highest BCUT2D eigenvalue weighted by molar-refractivity contribution is 7.21. The number of aromatic nitrogens is 2. The molecule has 1 N–H and O–H groups in total. The fourth-order valence-corrected chi connectivity index (χ4v) is 3.18. The highest BCUT2D eigenvalue weighted by Gasteiger charge is 2.20. The van der Waals surface area contributed by atoms with Gasteiger partial charge in [0.2, 0.25) is 0 Å². The molecule has 0 spiro atoms. The molecule has 1 aromatic carbocycles. The van der Waals surface area contributed by atoms with Gasteiger partial charge in [0.25, 0.3) is 0 Å². The minimum absolute atomic E-state index is 0.180. The molecule has 7 nitrogen and oxygen atoms in total. The average molecular weight is 303 g/mol. The summed E-state index contributed by atoms with van der Waals surface area (Å²) in [6.07, 6.45) is 1.47. The van der Waals surface area contributed by atoms with Crippen molar-refractivity contribution in [1.29, 1.82) is 0 Å². The molecule has 21 heavy (non-hydrogen) atoms. The number of hydrogen-bond donors (Lipinski definition) is 1. The summed E-state index contributed by atoms with van der Waals surface area (Å²) in [5, 5.41) is 24.6. The summed E-state index contributed by atoms with van der Waals surface area (Å²) >= 11 is 1.19. The highest BCUT2D eigenvalue weighted by Crippen LogP contribution is 2.32. The minimum Gasteiger partial charge on any atom is -0.477 e. The number of rotatable bonds is 4. The van der Waals surface area contributed by atoms with Crippen molar-refractivity contribution < 1.29 is 14.8 Å². The molecule has 2 heterocycles. The van der Waals surface area contributed by atoms with Gasteiger partial charge < -0.3 is 15.2 Å². The van der Waals surface area contributed by atoms with Crippen LogP contribution in [0, 0.1) is 10.1 Å². The molecule has 0 amide bonds. The van der Waals surface area contributed by atoms with Crippen LogP contribution in [-0.4, -0.2) is 25.8 Å². The molecule has 0 aliphatic rings. The van der Waals surface area contributed by atoms with E-state index in [4.69, 9.17) is 0 Å². The quantitative estimate of drug-likeness (QED) is 0.590. The molecule has 8 heteroatoms. The Balaban J connectivity index is 2.07. The molecule has 0 atom stereocenters. The van der Waals surface area contributed by atoms with Gasteiger partial charge >= 0.3 is 11.8 Å². The lowest BCUT2D eigenvalue weighted by Crippen LogP contribution is -2.05. The maximum Gasteiger partial charge on any atom is 0.389 e. The molecule has 0 fully saturated rings. The number of carboxylic acids is 1. The van der Waals surface area contributed by atoms with Crippen LogP contribution in [0.3, 0.4) is 0 Å². The minimum atomic E-state index is -1.01. The van der Waals surface area contributed by atoms with E-state index in [1.54, 1.807) is 0 Å². The summed E-state index contributed by atoms with van der Waals surface area (Å²) in [5.74, 6) is -1.26.